The van der Waals surface area contributed by atoms with Crippen molar-refractivity contribution in [2.24, 2.45) is 5.73 Å². The molecule has 0 fully saturated rings. The number of amides is 1. The highest BCUT2D eigenvalue weighted by Gasteiger charge is 2.35. The van der Waals surface area contributed by atoms with Crippen LogP contribution >= 0.6 is 0 Å². The van der Waals surface area contributed by atoms with Gasteiger partial charge in [-0.15, -0.1) is 0 Å². The normalized spacial score (nSPS) is 12.6. The molecule has 1 unspecified atom stereocenters. The molecule has 0 aliphatic heterocycles. The number of carbonyl (C=O) groups is 1. The molecule has 0 bridgehead atoms. The van der Waals surface area contributed by atoms with Gasteiger partial charge in [-0.3, -0.25) is 0 Å². The molecule has 150 valence electrons. The van der Waals surface area contributed by atoms with Crippen LogP contribution in [0.25, 0.3) is 0 Å². The summed E-state index contributed by atoms with van der Waals surface area (Å²) in [5.74, 6) is -2.53. The number of halogens is 1. The molecule has 1 atom stereocenters. The number of carbonyl (C=O) groups excluding carboxylic acids is 1. The molecule has 0 aliphatic carbocycles. The molecular weight excluding hydrogens is 377 g/mol. The minimum atomic E-state index is -2.10. The van der Waals surface area contributed by atoms with E-state index in [0.717, 1.165) is 11.6 Å². The Kier molecular flexibility index (Phi) is 6.31. The maximum Gasteiger partial charge on any atom is 0.404 e. The first-order chi connectivity index (χ1) is 14.0. The lowest BCUT2D eigenvalue weighted by atomic mass is 10.1. The van der Waals surface area contributed by atoms with Crippen LogP contribution in [0.5, 0.6) is 11.5 Å². The van der Waals surface area contributed by atoms with E-state index in [1.807, 2.05) is 30.3 Å². The van der Waals surface area contributed by atoms with Crippen LogP contribution in [0.4, 0.5) is 9.18 Å². The highest BCUT2D eigenvalue weighted by molar-refractivity contribution is 5.64. The average Bonchev–Trinajstić information content (AvgIpc) is 2.73. The van der Waals surface area contributed by atoms with E-state index in [-0.39, 0.29) is 18.1 Å². The van der Waals surface area contributed by atoms with E-state index in [2.05, 4.69) is 0 Å². The quantitative estimate of drug-likeness (QED) is 0.565. The maximum absolute atomic E-state index is 13.9. The van der Waals surface area contributed by atoms with Crippen molar-refractivity contribution in [1.82, 2.24) is 0 Å². The fourth-order valence-corrected chi connectivity index (χ4v) is 2.64. The number of hydrogen-bond acceptors (Lipinski definition) is 5. The molecule has 29 heavy (non-hydrogen) atoms. The van der Waals surface area contributed by atoms with Crippen molar-refractivity contribution in [2.45, 2.75) is 12.4 Å². The second kappa shape index (κ2) is 9.07. The van der Waals surface area contributed by atoms with Gasteiger partial charge in [-0.25, -0.2) is 9.18 Å². The van der Waals surface area contributed by atoms with Gasteiger partial charge in [-0.05, 0) is 17.7 Å². The Morgan fingerprint density at radius 1 is 0.966 bits per heavy atom. The van der Waals surface area contributed by atoms with Gasteiger partial charge >= 0.3 is 6.09 Å². The first kappa shape index (κ1) is 20.2. The van der Waals surface area contributed by atoms with Crippen LogP contribution in [-0.2, 0) is 17.1 Å². The largest absolute Gasteiger partial charge is 0.485 e. The van der Waals surface area contributed by atoms with E-state index in [0.29, 0.717) is 5.56 Å². The predicted octanol–water partition coefficient (Wildman–Crippen LogP) is 3.72. The molecule has 0 aliphatic rings. The van der Waals surface area contributed by atoms with E-state index in [9.17, 15) is 14.3 Å². The molecule has 0 heterocycles. The Morgan fingerprint density at radius 2 is 1.62 bits per heavy atom. The predicted molar refractivity (Wildman–Crippen MR) is 104 cm³/mol. The molecule has 0 aromatic heterocycles. The summed E-state index contributed by atoms with van der Waals surface area (Å²) >= 11 is 0. The van der Waals surface area contributed by atoms with Crippen molar-refractivity contribution in [3.8, 4) is 11.5 Å². The lowest BCUT2D eigenvalue weighted by molar-refractivity contribution is -0.174. The van der Waals surface area contributed by atoms with Gasteiger partial charge in [0.15, 0.2) is 18.1 Å². The van der Waals surface area contributed by atoms with Gasteiger partial charge in [0.1, 0.15) is 12.4 Å². The van der Waals surface area contributed by atoms with E-state index in [1.165, 1.54) is 12.1 Å². The first-order valence-electron chi connectivity index (χ1n) is 8.82. The standard InChI is InChI=1S/C22H20FNO5/c23-18-11-12-19(27-14-16-7-3-1-4-8-16)20(13-18)29-22(26,15-28-21(24)25)17-9-5-2-6-10-17/h1-13,26H,14-15H2,(H2,24,25). The number of benzene rings is 3. The summed E-state index contributed by atoms with van der Waals surface area (Å²) in [7, 11) is 0. The van der Waals surface area contributed by atoms with E-state index in [1.54, 1.807) is 30.3 Å². The van der Waals surface area contributed by atoms with E-state index < -0.39 is 24.3 Å². The Balaban J connectivity index is 1.88. The molecule has 3 aromatic carbocycles. The zero-order valence-electron chi connectivity index (χ0n) is 15.5. The van der Waals surface area contributed by atoms with Gasteiger partial charge in [-0.1, -0.05) is 60.7 Å². The van der Waals surface area contributed by atoms with E-state index in [4.69, 9.17) is 19.9 Å². The highest BCUT2D eigenvalue weighted by Crippen LogP contribution is 2.34. The van der Waals surface area contributed by atoms with Gasteiger partial charge in [0, 0.05) is 11.6 Å². The second-order valence-corrected chi connectivity index (χ2v) is 6.23. The molecule has 1 amide bonds. The van der Waals surface area contributed by atoms with Crippen molar-refractivity contribution in [1.29, 1.82) is 0 Å². The Labute approximate surface area is 167 Å². The zero-order valence-corrected chi connectivity index (χ0v) is 15.5. The Hall–Kier alpha value is -3.58. The minimum absolute atomic E-state index is 0.0552. The molecule has 6 nitrogen and oxygen atoms in total. The number of primary amides is 1. The number of hydrogen-bond donors (Lipinski definition) is 2. The maximum atomic E-state index is 13.9. The van der Waals surface area contributed by atoms with Crippen molar-refractivity contribution < 1.29 is 28.5 Å². The van der Waals surface area contributed by atoms with Gasteiger partial charge in [0.2, 0.25) is 0 Å². The summed E-state index contributed by atoms with van der Waals surface area (Å²) in [6, 6.07) is 21.3. The zero-order chi connectivity index (χ0) is 20.7. The summed E-state index contributed by atoms with van der Waals surface area (Å²) in [6.45, 7) is -0.384. The van der Waals surface area contributed by atoms with Gasteiger partial charge in [0.05, 0.1) is 0 Å². The van der Waals surface area contributed by atoms with Crippen molar-refractivity contribution in [2.75, 3.05) is 6.61 Å². The highest BCUT2D eigenvalue weighted by atomic mass is 19.1. The van der Waals surface area contributed by atoms with Crippen molar-refractivity contribution in [3.63, 3.8) is 0 Å². The van der Waals surface area contributed by atoms with Crippen LogP contribution in [0.15, 0.2) is 78.9 Å². The fourth-order valence-electron chi connectivity index (χ4n) is 2.64. The van der Waals surface area contributed by atoms with Crippen molar-refractivity contribution >= 4 is 6.09 Å². The lowest BCUT2D eigenvalue weighted by Crippen LogP contribution is -2.39. The van der Waals surface area contributed by atoms with Crippen LogP contribution in [0.2, 0.25) is 0 Å². The van der Waals surface area contributed by atoms with Crippen LogP contribution in [0.3, 0.4) is 0 Å². The average molecular weight is 397 g/mol. The number of rotatable bonds is 8. The Morgan fingerprint density at radius 3 is 2.28 bits per heavy atom. The second-order valence-electron chi connectivity index (χ2n) is 6.23. The van der Waals surface area contributed by atoms with E-state index >= 15 is 0 Å². The van der Waals surface area contributed by atoms with Crippen molar-refractivity contribution in [3.05, 3.63) is 95.8 Å². The third kappa shape index (κ3) is 5.46. The Bertz CT molecular complexity index is 952. The molecule has 0 radical (unpaired) electrons. The molecular formula is C22H20FNO5. The summed E-state index contributed by atoms with van der Waals surface area (Å²) in [6.07, 6.45) is -1.08. The first-order valence-corrected chi connectivity index (χ1v) is 8.82. The molecule has 7 heteroatoms. The topological polar surface area (TPSA) is 91.0 Å². The molecule has 0 spiro atoms. The summed E-state index contributed by atoms with van der Waals surface area (Å²) in [5, 5.41) is 11.1. The number of ether oxygens (including phenoxy) is 3. The summed E-state index contributed by atoms with van der Waals surface area (Å²) in [4.78, 5) is 11.1. The van der Waals surface area contributed by atoms with Crippen LogP contribution in [0.1, 0.15) is 11.1 Å². The minimum Gasteiger partial charge on any atom is -0.485 e. The summed E-state index contributed by atoms with van der Waals surface area (Å²) < 4.78 is 30.1. The van der Waals surface area contributed by atoms with Gasteiger partial charge in [-0.2, -0.15) is 0 Å². The van der Waals surface area contributed by atoms with Crippen LogP contribution < -0.4 is 15.2 Å². The van der Waals surface area contributed by atoms with Gasteiger partial charge in [0.25, 0.3) is 5.79 Å². The fraction of sp³-hybridized carbons (Fsp3) is 0.136. The molecule has 0 saturated carbocycles. The molecule has 3 N–H and O–H groups in total. The third-order valence-electron chi connectivity index (χ3n) is 4.06. The third-order valence-corrected chi connectivity index (χ3v) is 4.06. The smallest absolute Gasteiger partial charge is 0.404 e. The van der Waals surface area contributed by atoms with Crippen LogP contribution in [0, 0.1) is 5.82 Å². The SMILES string of the molecule is NC(=O)OCC(O)(Oc1cc(F)ccc1OCc1ccccc1)c1ccccc1. The number of aliphatic hydroxyl groups is 1. The van der Waals surface area contributed by atoms with Crippen LogP contribution in [-0.4, -0.2) is 17.8 Å². The monoisotopic (exact) mass is 397 g/mol. The molecule has 0 saturated heterocycles. The van der Waals surface area contributed by atoms with Gasteiger partial charge < -0.3 is 25.1 Å². The number of nitrogens with two attached hydrogens (primary N) is 1. The lowest BCUT2D eigenvalue weighted by Gasteiger charge is -2.29. The summed E-state index contributed by atoms with van der Waals surface area (Å²) in [5.41, 5.74) is 6.22. The molecule has 3 rings (SSSR count). The molecule has 3 aromatic rings.